The number of alkyl halides is 3. The van der Waals surface area contributed by atoms with E-state index in [2.05, 4.69) is 4.72 Å². The molecule has 6 nitrogen and oxygen atoms in total. The first-order valence-corrected chi connectivity index (χ1v) is 10.2. The van der Waals surface area contributed by atoms with Crippen molar-refractivity contribution < 1.29 is 31.2 Å². The Kier molecular flexibility index (Phi) is 5.59. The lowest BCUT2D eigenvalue weighted by molar-refractivity contribution is -0.137. The van der Waals surface area contributed by atoms with Crippen LogP contribution in [0.25, 0.3) is 0 Å². The first kappa shape index (κ1) is 21.1. The fourth-order valence-corrected chi connectivity index (χ4v) is 4.11. The largest absolute Gasteiger partial charge is 0.417 e. The first-order chi connectivity index (χ1) is 13.5. The zero-order chi connectivity index (χ0) is 21.4. The Morgan fingerprint density at radius 3 is 2.10 bits per heavy atom. The third-order valence-electron chi connectivity index (χ3n) is 4.21. The van der Waals surface area contributed by atoms with Crippen molar-refractivity contribution in [3.63, 3.8) is 0 Å². The lowest BCUT2D eigenvalue weighted by Crippen LogP contribution is -2.40. The predicted molar refractivity (Wildman–Crippen MR) is 100 cm³/mol. The van der Waals surface area contributed by atoms with E-state index >= 15 is 0 Å². The van der Waals surface area contributed by atoms with Gasteiger partial charge in [-0.2, -0.15) is 13.2 Å². The Labute approximate surface area is 169 Å². The molecule has 1 N–H and O–H groups in total. The van der Waals surface area contributed by atoms with Crippen LogP contribution in [0.4, 0.5) is 24.5 Å². The average Bonchev–Trinajstić information content (AvgIpc) is 2.62. The number of halogens is 4. The lowest BCUT2D eigenvalue weighted by atomic mass is 10.1. The summed E-state index contributed by atoms with van der Waals surface area (Å²) in [6, 6.07) is 7.55. The lowest BCUT2D eigenvalue weighted by Gasteiger charge is -2.24. The van der Waals surface area contributed by atoms with Gasteiger partial charge in [0.25, 0.3) is 10.0 Å². The molecule has 0 aromatic heterocycles. The second kappa shape index (κ2) is 7.68. The highest BCUT2D eigenvalue weighted by molar-refractivity contribution is 7.92. The van der Waals surface area contributed by atoms with Crippen LogP contribution in [0.1, 0.15) is 24.8 Å². The van der Waals surface area contributed by atoms with E-state index in [1.807, 2.05) is 0 Å². The SMILES string of the molecule is O=C1CCCC(=O)N1c1ccc(S(=O)(=O)Nc2ccc(Cl)c(C(F)(F)F)c2)cc1. The van der Waals surface area contributed by atoms with Gasteiger partial charge in [-0.15, -0.1) is 0 Å². The molecule has 1 fully saturated rings. The zero-order valence-corrected chi connectivity index (χ0v) is 16.2. The molecule has 1 saturated heterocycles. The van der Waals surface area contributed by atoms with Crippen molar-refractivity contribution in [1.82, 2.24) is 0 Å². The minimum Gasteiger partial charge on any atom is -0.280 e. The van der Waals surface area contributed by atoms with Gasteiger partial charge < -0.3 is 0 Å². The van der Waals surface area contributed by atoms with Gasteiger partial charge in [0.1, 0.15) is 0 Å². The molecule has 2 aromatic rings. The summed E-state index contributed by atoms with van der Waals surface area (Å²) in [7, 11) is -4.21. The summed E-state index contributed by atoms with van der Waals surface area (Å²) in [4.78, 5) is 24.6. The number of rotatable bonds is 4. The summed E-state index contributed by atoms with van der Waals surface area (Å²) >= 11 is 5.53. The van der Waals surface area contributed by atoms with E-state index in [0.29, 0.717) is 12.5 Å². The number of piperidine rings is 1. The summed E-state index contributed by atoms with van der Waals surface area (Å²) in [5, 5.41) is -0.555. The molecular formula is C18H14ClF3N2O4S. The van der Waals surface area contributed by atoms with Gasteiger partial charge in [-0.05, 0) is 48.9 Å². The molecule has 0 aliphatic carbocycles. The van der Waals surface area contributed by atoms with E-state index in [1.165, 1.54) is 12.1 Å². The molecular weight excluding hydrogens is 433 g/mol. The maximum Gasteiger partial charge on any atom is 0.417 e. The minimum atomic E-state index is -4.74. The van der Waals surface area contributed by atoms with Gasteiger partial charge in [0, 0.05) is 18.5 Å². The Morgan fingerprint density at radius 2 is 1.55 bits per heavy atom. The van der Waals surface area contributed by atoms with E-state index in [4.69, 9.17) is 11.6 Å². The van der Waals surface area contributed by atoms with E-state index in [0.717, 1.165) is 29.2 Å². The highest BCUT2D eigenvalue weighted by Crippen LogP contribution is 2.36. The Balaban J connectivity index is 1.85. The molecule has 3 rings (SSSR count). The van der Waals surface area contributed by atoms with Crippen LogP contribution < -0.4 is 9.62 Å². The number of hydrogen-bond acceptors (Lipinski definition) is 4. The van der Waals surface area contributed by atoms with Crippen LogP contribution in [0.3, 0.4) is 0 Å². The van der Waals surface area contributed by atoms with Crippen molar-refractivity contribution >= 4 is 44.8 Å². The molecule has 1 heterocycles. The van der Waals surface area contributed by atoms with E-state index in [1.54, 1.807) is 0 Å². The first-order valence-electron chi connectivity index (χ1n) is 8.34. The van der Waals surface area contributed by atoms with Gasteiger partial charge in [-0.25, -0.2) is 8.42 Å². The van der Waals surface area contributed by atoms with Gasteiger partial charge in [0.05, 0.1) is 21.2 Å². The zero-order valence-electron chi connectivity index (χ0n) is 14.7. The smallest absolute Gasteiger partial charge is 0.280 e. The molecule has 0 saturated carbocycles. The van der Waals surface area contributed by atoms with Crippen molar-refractivity contribution in [2.45, 2.75) is 30.3 Å². The number of hydrogen-bond donors (Lipinski definition) is 1. The summed E-state index contributed by atoms with van der Waals surface area (Å²) in [6.45, 7) is 0. The Morgan fingerprint density at radius 1 is 0.966 bits per heavy atom. The Hall–Kier alpha value is -2.59. The third-order valence-corrected chi connectivity index (χ3v) is 5.94. The summed E-state index contributed by atoms with van der Waals surface area (Å²) < 4.78 is 65.9. The number of amides is 2. The fraction of sp³-hybridized carbons (Fsp3) is 0.222. The normalized spacial score (nSPS) is 15.5. The monoisotopic (exact) mass is 446 g/mol. The number of imide groups is 1. The number of nitrogens with zero attached hydrogens (tertiary/aromatic N) is 1. The second-order valence-corrected chi connectivity index (χ2v) is 8.36. The highest BCUT2D eigenvalue weighted by atomic mass is 35.5. The molecule has 2 aromatic carbocycles. The maximum atomic E-state index is 12.9. The quantitative estimate of drug-likeness (QED) is 0.713. The van der Waals surface area contributed by atoms with Crippen LogP contribution in [0, 0.1) is 0 Å². The predicted octanol–water partition coefficient (Wildman–Crippen LogP) is 4.20. The molecule has 29 heavy (non-hydrogen) atoms. The number of carbonyl (C=O) groups is 2. The van der Waals surface area contributed by atoms with Crippen LogP contribution in [-0.2, 0) is 25.8 Å². The van der Waals surface area contributed by atoms with E-state index in [-0.39, 0.29) is 40.9 Å². The average molecular weight is 447 g/mol. The van der Waals surface area contributed by atoms with Gasteiger partial charge in [-0.1, -0.05) is 11.6 Å². The van der Waals surface area contributed by atoms with Crippen LogP contribution in [0.15, 0.2) is 47.4 Å². The Bertz CT molecular complexity index is 1050. The van der Waals surface area contributed by atoms with Gasteiger partial charge in [0.2, 0.25) is 11.8 Å². The van der Waals surface area contributed by atoms with E-state index < -0.39 is 26.8 Å². The molecule has 2 amide bonds. The molecule has 0 bridgehead atoms. The van der Waals surface area contributed by atoms with Crippen molar-refractivity contribution in [2.24, 2.45) is 0 Å². The topological polar surface area (TPSA) is 83.6 Å². The van der Waals surface area contributed by atoms with Crippen molar-refractivity contribution in [3.8, 4) is 0 Å². The number of nitrogens with one attached hydrogen (secondary N) is 1. The van der Waals surface area contributed by atoms with Crippen LogP contribution in [-0.4, -0.2) is 20.2 Å². The van der Waals surface area contributed by atoms with Crippen LogP contribution in [0.2, 0.25) is 5.02 Å². The molecule has 154 valence electrons. The van der Waals surface area contributed by atoms with Crippen LogP contribution in [0.5, 0.6) is 0 Å². The van der Waals surface area contributed by atoms with Gasteiger partial charge >= 0.3 is 6.18 Å². The molecule has 0 radical (unpaired) electrons. The summed E-state index contributed by atoms with van der Waals surface area (Å²) in [5.41, 5.74) is -1.26. The molecule has 1 aliphatic heterocycles. The number of sulfonamides is 1. The van der Waals surface area contributed by atoms with Crippen molar-refractivity contribution in [2.75, 3.05) is 9.62 Å². The van der Waals surface area contributed by atoms with Gasteiger partial charge in [0.15, 0.2) is 0 Å². The fourth-order valence-electron chi connectivity index (χ4n) is 2.84. The molecule has 1 aliphatic rings. The highest BCUT2D eigenvalue weighted by Gasteiger charge is 2.34. The van der Waals surface area contributed by atoms with Gasteiger partial charge in [-0.3, -0.25) is 19.2 Å². The molecule has 11 heteroatoms. The minimum absolute atomic E-state index is 0.214. The molecule has 0 atom stereocenters. The van der Waals surface area contributed by atoms with Crippen molar-refractivity contribution in [1.29, 1.82) is 0 Å². The third kappa shape index (κ3) is 4.54. The number of anilines is 2. The van der Waals surface area contributed by atoms with Crippen LogP contribution >= 0.6 is 11.6 Å². The number of carbonyl (C=O) groups excluding carboxylic acids is 2. The standard InChI is InChI=1S/C18H14ClF3N2O4S/c19-15-9-4-11(10-14(15)18(20,21)22)23-29(27,28)13-7-5-12(6-8-13)24-16(25)2-1-3-17(24)26/h4-10,23H,1-3H2. The summed E-state index contributed by atoms with van der Waals surface area (Å²) in [5.74, 6) is -0.758. The second-order valence-electron chi connectivity index (χ2n) is 6.27. The molecule has 0 unspecified atom stereocenters. The maximum absolute atomic E-state index is 12.9. The van der Waals surface area contributed by atoms with E-state index in [9.17, 15) is 31.2 Å². The van der Waals surface area contributed by atoms with Crippen molar-refractivity contribution in [3.05, 3.63) is 53.1 Å². The molecule has 0 spiro atoms. The number of benzene rings is 2. The summed E-state index contributed by atoms with van der Waals surface area (Å²) in [6.07, 6.45) is -3.85.